The van der Waals surface area contributed by atoms with E-state index >= 15 is 0 Å². The standard InChI is InChI=1S/C15H19N3O2S/c1-15(2,3)11-8-17-14(20-11)10-21-9-13(19)18-12-6-4-5-7-16-12/h4-8H,9-10H2,1-3H3,(H,16,18,19). The van der Waals surface area contributed by atoms with Gasteiger partial charge in [-0.2, -0.15) is 0 Å². The van der Waals surface area contributed by atoms with Crippen molar-refractivity contribution in [1.82, 2.24) is 9.97 Å². The third-order valence-electron chi connectivity index (χ3n) is 2.68. The summed E-state index contributed by atoms with van der Waals surface area (Å²) in [6.07, 6.45) is 3.40. The number of aromatic nitrogens is 2. The molecule has 1 amide bonds. The summed E-state index contributed by atoms with van der Waals surface area (Å²) in [6, 6.07) is 5.39. The molecule has 6 heteroatoms. The minimum absolute atomic E-state index is 0.0493. The SMILES string of the molecule is CC(C)(C)c1cnc(CSCC(=O)Nc2ccccn2)o1. The minimum Gasteiger partial charge on any atom is -0.444 e. The number of anilines is 1. The van der Waals surface area contributed by atoms with Gasteiger partial charge in [0.1, 0.15) is 11.6 Å². The van der Waals surface area contributed by atoms with Gasteiger partial charge in [-0.15, -0.1) is 11.8 Å². The van der Waals surface area contributed by atoms with Gasteiger partial charge >= 0.3 is 0 Å². The van der Waals surface area contributed by atoms with E-state index in [2.05, 4.69) is 36.1 Å². The highest BCUT2D eigenvalue weighted by molar-refractivity contribution is 7.99. The van der Waals surface area contributed by atoms with Crippen molar-refractivity contribution in [2.24, 2.45) is 0 Å². The Labute approximate surface area is 128 Å². The van der Waals surface area contributed by atoms with E-state index < -0.39 is 0 Å². The number of amides is 1. The molecule has 0 saturated carbocycles. The Morgan fingerprint density at radius 2 is 2.14 bits per heavy atom. The maximum absolute atomic E-state index is 11.7. The maximum atomic E-state index is 11.7. The summed E-state index contributed by atoms with van der Waals surface area (Å²) in [5.74, 6) is 2.90. The quantitative estimate of drug-likeness (QED) is 0.918. The van der Waals surface area contributed by atoms with Crippen molar-refractivity contribution in [3.8, 4) is 0 Å². The third-order valence-corrected chi connectivity index (χ3v) is 3.60. The molecule has 0 aliphatic carbocycles. The van der Waals surface area contributed by atoms with Crippen LogP contribution < -0.4 is 5.32 Å². The molecular formula is C15H19N3O2S. The van der Waals surface area contributed by atoms with Crippen LogP contribution in [0.15, 0.2) is 35.0 Å². The van der Waals surface area contributed by atoms with Crippen LogP contribution in [0.4, 0.5) is 5.82 Å². The number of pyridine rings is 1. The van der Waals surface area contributed by atoms with Gasteiger partial charge in [-0.05, 0) is 12.1 Å². The highest BCUT2D eigenvalue weighted by Gasteiger charge is 2.19. The Hall–Kier alpha value is -1.82. The largest absolute Gasteiger partial charge is 0.444 e. The smallest absolute Gasteiger partial charge is 0.235 e. The highest BCUT2D eigenvalue weighted by atomic mass is 32.2. The number of oxazole rings is 1. The Kier molecular flexibility index (Phi) is 5.01. The van der Waals surface area contributed by atoms with Crippen LogP contribution in [0, 0.1) is 0 Å². The molecule has 112 valence electrons. The van der Waals surface area contributed by atoms with Crippen molar-refractivity contribution in [3.05, 3.63) is 42.2 Å². The number of rotatable bonds is 5. The second-order valence-corrected chi connectivity index (χ2v) is 6.61. The summed E-state index contributed by atoms with van der Waals surface area (Å²) in [7, 11) is 0. The predicted molar refractivity (Wildman–Crippen MR) is 84.2 cm³/mol. The second-order valence-electron chi connectivity index (χ2n) is 5.62. The van der Waals surface area contributed by atoms with Gasteiger partial charge in [0.2, 0.25) is 11.8 Å². The van der Waals surface area contributed by atoms with E-state index in [1.54, 1.807) is 24.5 Å². The molecule has 0 aromatic carbocycles. The number of carbonyl (C=O) groups is 1. The molecule has 2 aromatic heterocycles. The predicted octanol–water partition coefficient (Wildman–Crippen LogP) is 3.24. The van der Waals surface area contributed by atoms with Crippen molar-refractivity contribution in [2.45, 2.75) is 31.9 Å². The average molecular weight is 305 g/mol. The van der Waals surface area contributed by atoms with Crippen LogP contribution in [-0.2, 0) is 16.0 Å². The molecule has 0 aliphatic heterocycles. The lowest BCUT2D eigenvalue weighted by atomic mass is 9.94. The van der Waals surface area contributed by atoms with E-state index in [0.717, 1.165) is 5.76 Å². The van der Waals surface area contributed by atoms with Gasteiger partial charge in [0.15, 0.2) is 0 Å². The Bertz CT molecular complexity index is 590. The van der Waals surface area contributed by atoms with Gasteiger partial charge in [0.05, 0.1) is 17.7 Å². The fraction of sp³-hybridized carbons (Fsp3) is 0.400. The monoisotopic (exact) mass is 305 g/mol. The molecule has 0 bridgehead atoms. The average Bonchev–Trinajstić information content (AvgIpc) is 2.88. The number of carbonyl (C=O) groups excluding carboxylic acids is 1. The topological polar surface area (TPSA) is 68.0 Å². The van der Waals surface area contributed by atoms with Crippen LogP contribution in [0.2, 0.25) is 0 Å². The zero-order valence-corrected chi connectivity index (χ0v) is 13.2. The van der Waals surface area contributed by atoms with Gasteiger partial charge in [0, 0.05) is 11.6 Å². The molecule has 2 rings (SSSR count). The first-order valence-electron chi connectivity index (χ1n) is 6.69. The van der Waals surface area contributed by atoms with E-state index in [1.165, 1.54) is 11.8 Å². The molecule has 0 radical (unpaired) electrons. The molecule has 1 N–H and O–H groups in total. The van der Waals surface area contributed by atoms with Gasteiger partial charge in [-0.3, -0.25) is 4.79 Å². The summed E-state index contributed by atoms with van der Waals surface area (Å²) < 4.78 is 5.67. The lowest BCUT2D eigenvalue weighted by Gasteiger charge is -2.13. The van der Waals surface area contributed by atoms with Crippen LogP contribution >= 0.6 is 11.8 Å². The summed E-state index contributed by atoms with van der Waals surface area (Å²) in [4.78, 5) is 20.0. The Morgan fingerprint density at radius 3 is 2.76 bits per heavy atom. The summed E-state index contributed by atoms with van der Waals surface area (Å²) in [5, 5.41) is 2.74. The zero-order chi connectivity index (χ0) is 15.3. The fourth-order valence-electron chi connectivity index (χ4n) is 1.57. The van der Waals surface area contributed by atoms with Gasteiger partial charge in [-0.1, -0.05) is 26.8 Å². The zero-order valence-electron chi connectivity index (χ0n) is 12.4. The lowest BCUT2D eigenvalue weighted by Crippen LogP contribution is -2.14. The first-order chi connectivity index (χ1) is 9.95. The minimum atomic E-state index is -0.0821. The summed E-state index contributed by atoms with van der Waals surface area (Å²) in [5.41, 5.74) is -0.0493. The second kappa shape index (κ2) is 6.76. The molecule has 2 aromatic rings. The van der Waals surface area contributed by atoms with Crippen molar-refractivity contribution in [3.63, 3.8) is 0 Å². The molecule has 0 saturated heterocycles. The van der Waals surface area contributed by atoms with Crippen LogP contribution in [-0.4, -0.2) is 21.6 Å². The van der Waals surface area contributed by atoms with Crippen LogP contribution in [0.3, 0.4) is 0 Å². The molecule has 0 unspecified atom stereocenters. The van der Waals surface area contributed by atoms with Crippen molar-refractivity contribution < 1.29 is 9.21 Å². The Morgan fingerprint density at radius 1 is 1.33 bits per heavy atom. The fourth-order valence-corrected chi connectivity index (χ4v) is 2.24. The van der Waals surface area contributed by atoms with E-state index in [-0.39, 0.29) is 11.3 Å². The van der Waals surface area contributed by atoms with Crippen molar-refractivity contribution in [2.75, 3.05) is 11.1 Å². The van der Waals surface area contributed by atoms with E-state index in [1.807, 2.05) is 6.07 Å². The van der Waals surface area contributed by atoms with Crippen molar-refractivity contribution >= 4 is 23.5 Å². The van der Waals surface area contributed by atoms with Crippen LogP contribution in [0.1, 0.15) is 32.4 Å². The molecule has 0 atom stereocenters. The molecule has 21 heavy (non-hydrogen) atoms. The van der Waals surface area contributed by atoms with E-state index in [0.29, 0.717) is 23.2 Å². The number of nitrogens with one attached hydrogen (secondary N) is 1. The first-order valence-corrected chi connectivity index (χ1v) is 7.84. The molecule has 0 fully saturated rings. The maximum Gasteiger partial charge on any atom is 0.235 e. The van der Waals surface area contributed by atoms with Crippen LogP contribution in [0.25, 0.3) is 0 Å². The molecule has 0 aliphatic rings. The van der Waals surface area contributed by atoms with Gasteiger partial charge in [0.25, 0.3) is 0 Å². The number of hydrogen-bond donors (Lipinski definition) is 1. The van der Waals surface area contributed by atoms with Gasteiger partial charge in [-0.25, -0.2) is 9.97 Å². The lowest BCUT2D eigenvalue weighted by molar-refractivity contribution is -0.113. The van der Waals surface area contributed by atoms with Crippen LogP contribution in [0.5, 0.6) is 0 Å². The van der Waals surface area contributed by atoms with E-state index in [9.17, 15) is 4.79 Å². The summed E-state index contributed by atoms with van der Waals surface area (Å²) >= 11 is 1.46. The third kappa shape index (κ3) is 4.90. The normalized spacial score (nSPS) is 11.4. The molecule has 2 heterocycles. The Balaban J connectivity index is 1.77. The number of thioether (sulfide) groups is 1. The van der Waals surface area contributed by atoms with E-state index in [4.69, 9.17) is 4.42 Å². The summed E-state index contributed by atoms with van der Waals surface area (Å²) in [6.45, 7) is 6.22. The molecular weight excluding hydrogens is 286 g/mol. The number of hydrogen-bond acceptors (Lipinski definition) is 5. The molecule has 5 nitrogen and oxygen atoms in total. The first kappa shape index (κ1) is 15.6. The molecule has 0 spiro atoms. The van der Waals surface area contributed by atoms with Gasteiger partial charge < -0.3 is 9.73 Å². The van der Waals surface area contributed by atoms with Crippen molar-refractivity contribution in [1.29, 1.82) is 0 Å². The highest BCUT2D eigenvalue weighted by Crippen LogP contribution is 2.24. The number of nitrogens with zero attached hydrogens (tertiary/aromatic N) is 2.